The Morgan fingerprint density at radius 1 is 1.53 bits per heavy atom. The highest BCUT2D eigenvalue weighted by Gasteiger charge is 2.16. The number of ether oxygens (including phenoxy) is 1. The molecule has 0 saturated carbocycles. The number of carbonyl (C=O) groups excluding carboxylic acids is 1. The molecule has 1 heterocycles. The Bertz CT molecular complexity index is 184. The molecule has 1 atom stereocenters. The minimum absolute atomic E-state index is 0. The van der Waals surface area contributed by atoms with Crippen LogP contribution in [0.5, 0.6) is 0 Å². The lowest BCUT2D eigenvalue weighted by molar-refractivity contribution is -0.122. The molecule has 4 nitrogen and oxygen atoms in total. The van der Waals surface area contributed by atoms with Gasteiger partial charge in [-0.25, -0.2) is 0 Å². The summed E-state index contributed by atoms with van der Waals surface area (Å²) < 4.78 is 5.24. The van der Waals surface area contributed by atoms with Crippen LogP contribution in [0.15, 0.2) is 0 Å². The summed E-state index contributed by atoms with van der Waals surface area (Å²) in [5, 5.41) is 2.88. The van der Waals surface area contributed by atoms with Gasteiger partial charge in [-0.15, -0.1) is 12.4 Å². The fourth-order valence-corrected chi connectivity index (χ4v) is 1.51. The van der Waals surface area contributed by atoms with E-state index < -0.39 is 0 Å². The van der Waals surface area contributed by atoms with Gasteiger partial charge in [-0.3, -0.25) is 4.79 Å². The standard InChI is InChI=1S/C10H20N2O2.ClH/c1-2-9(11)10(13)12-7-8-3-5-14-6-4-8;/h8-9H,2-7,11H2,1H3,(H,12,13);1H/t9-;/m0./s1. The van der Waals surface area contributed by atoms with Gasteiger partial charge in [0, 0.05) is 19.8 Å². The van der Waals surface area contributed by atoms with Crippen LogP contribution in [0, 0.1) is 5.92 Å². The number of hydrogen-bond acceptors (Lipinski definition) is 3. The summed E-state index contributed by atoms with van der Waals surface area (Å²) in [7, 11) is 0. The highest BCUT2D eigenvalue weighted by atomic mass is 35.5. The van der Waals surface area contributed by atoms with Gasteiger partial charge in [-0.05, 0) is 25.2 Å². The van der Waals surface area contributed by atoms with E-state index in [9.17, 15) is 4.79 Å². The fraction of sp³-hybridized carbons (Fsp3) is 0.900. The highest BCUT2D eigenvalue weighted by molar-refractivity contribution is 5.85. The second kappa shape index (κ2) is 7.91. The van der Waals surface area contributed by atoms with Crippen molar-refractivity contribution < 1.29 is 9.53 Å². The van der Waals surface area contributed by atoms with E-state index in [2.05, 4.69) is 5.32 Å². The lowest BCUT2D eigenvalue weighted by Crippen LogP contribution is -2.42. The minimum Gasteiger partial charge on any atom is -0.381 e. The van der Waals surface area contributed by atoms with Crippen LogP contribution in [0.4, 0.5) is 0 Å². The largest absolute Gasteiger partial charge is 0.381 e. The maximum absolute atomic E-state index is 11.3. The normalized spacial score (nSPS) is 19.1. The van der Waals surface area contributed by atoms with Gasteiger partial charge in [0.2, 0.25) is 5.91 Å². The maximum atomic E-state index is 11.3. The van der Waals surface area contributed by atoms with Crippen molar-refractivity contribution in [2.45, 2.75) is 32.2 Å². The Labute approximate surface area is 97.3 Å². The van der Waals surface area contributed by atoms with Crippen LogP contribution in [0.25, 0.3) is 0 Å². The molecule has 0 spiro atoms. The Morgan fingerprint density at radius 2 is 2.13 bits per heavy atom. The van der Waals surface area contributed by atoms with Crippen molar-refractivity contribution in [2.75, 3.05) is 19.8 Å². The third kappa shape index (κ3) is 5.35. The van der Waals surface area contributed by atoms with E-state index >= 15 is 0 Å². The number of amides is 1. The number of carbonyl (C=O) groups is 1. The van der Waals surface area contributed by atoms with Crippen molar-refractivity contribution in [3.63, 3.8) is 0 Å². The first-order valence-electron chi connectivity index (χ1n) is 5.35. The van der Waals surface area contributed by atoms with Crippen LogP contribution in [0.1, 0.15) is 26.2 Å². The summed E-state index contributed by atoms with van der Waals surface area (Å²) >= 11 is 0. The van der Waals surface area contributed by atoms with Gasteiger partial charge in [-0.1, -0.05) is 6.92 Å². The zero-order chi connectivity index (χ0) is 10.4. The zero-order valence-electron chi connectivity index (χ0n) is 9.20. The predicted octanol–water partition coefficient (Wildman–Crippen LogP) is 0.688. The van der Waals surface area contributed by atoms with Gasteiger partial charge in [0.25, 0.3) is 0 Å². The minimum atomic E-state index is -0.352. The summed E-state index contributed by atoms with van der Waals surface area (Å²) in [4.78, 5) is 11.3. The third-order valence-corrected chi connectivity index (χ3v) is 2.68. The first-order valence-corrected chi connectivity index (χ1v) is 5.35. The van der Waals surface area contributed by atoms with E-state index in [1.807, 2.05) is 6.92 Å². The molecule has 1 saturated heterocycles. The molecule has 1 amide bonds. The molecule has 3 N–H and O–H groups in total. The van der Waals surface area contributed by atoms with Crippen molar-refractivity contribution in [1.29, 1.82) is 0 Å². The monoisotopic (exact) mass is 236 g/mol. The summed E-state index contributed by atoms with van der Waals surface area (Å²) in [6.07, 6.45) is 2.78. The number of halogens is 1. The van der Waals surface area contributed by atoms with Crippen molar-refractivity contribution >= 4 is 18.3 Å². The molecule has 0 unspecified atom stereocenters. The molecule has 1 fully saturated rings. The van der Waals surface area contributed by atoms with Crippen molar-refractivity contribution in [3.05, 3.63) is 0 Å². The number of nitrogens with one attached hydrogen (secondary N) is 1. The van der Waals surface area contributed by atoms with Crippen molar-refractivity contribution in [2.24, 2.45) is 11.7 Å². The number of nitrogens with two attached hydrogens (primary N) is 1. The smallest absolute Gasteiger partial charge is 0.236 e. The summed E-state index contributed by atoms with van der Waals surface area (Å²) in [5.41, 5.74) is 5.60. The quantitative estimate of drug-likeness (QED) is 0.755. The van der Waals surface area contributed by atoms with E-state index in [1.54, 1.807) is 0 Å². The van der Waals surface area contributed by atoms with E-state index in [1.165, 1.54) is 0 Å². The van der Waals surface area contributed by atoms with Crippen LogP contribution in [-0.2, 0) is 9.53 Å². The molecule has 1 aliphatic heterocycles. The second-order valence-corrected chi connectivity index (χ2v) is 3.82. The third-order valence-electron chi connectivity index (χ3n) is 2.68. The lowest BCUT2D eigenvalue weighted by Gasteiger charge is -2.22. The summed E-state index contributed by atoms with van der Waals surface area (Å²) in [5.74, 6) is 0.538. The topological polar surface area (TPSA) is 64.4 Å². The van der Waals surface area contributed by atoms with Crippen LogP contribution in [0.3, 0.4) is 0 Å². The molecular formula is C10H21ClN2O2. The molecule has 15 heavy (non-hydrogen) atoms. The van der Waals surface area contributed by atoms with Crippen LogP contribution >= 0.6 is 12.4 Å². The molecule has 5 heteroatoms. The van der Waals surface area contributed by atoms with Crippen LogP contribution in [0.2, 0.25) is 0 Å². The van der Waals surface area contributed by atoms with Gasteiger partial charge in [0.05, 0.1) is 6.04 Å². The highest BCUT2D eigenvalue weighted by Crippen LogP contribution is 2.13. The van der Waals surface area contributed by atoms with Gasteiger partial charge in [0.15, 0.2) is 0 Å². The van der Waals surface area contributed by atoms with Crippen molar-refractivity contribution in [1.82, 2.24) is 5.32 Å². The summed E-state index contributed by atoms with van der Waals surface area (Å²) in [6.45, 7) is 4.30. The lowest BCUT2D eigenvalue weighted by atomic mass is 10.0. The van der Waals surface area contributed by atoms with E-state index in [4.69, 9.17) is 10.5 Å². The molecule has 0 aromatic rings. The van der Waals surface area contributed by atoms with E-state index in [0.29, 0.717) is 12.3 Å². The van der Waals surface area contributed by atoms with E-state index in [-0.39, 0.29) is 24.4 Å². The SMILES string of the molecule is CC[C@H](N)C(=O)NCC1CCOCC1.Cl. The number of hydrogen-bond donors (Lipinski definition) is 2. The Morgan fingerprint density at radius 3 is 2.67 bits per heavy atom. The molecule has 0 aromatic heterocycles. The maximum Gasteiger partial charge on any atom is 0.236 e. The molecular weight excluding hydrogens is 216 g/mol. The molecule has 0 aromatic carbocycles. The molecule has 90 valence electrons. The Balaban J connectivity index is 0.00000196. The van der Waals surface area contributed by atoms with Crippen LogP contribution in [-0.4, -0.2) is 31.7 Å². The first-order chi connectivity index (χ1) is 6.74. The molecule has 0 aliphatic carbocycles. The molecule has 1 aliphatic rings. The molecule has 0 radical (unpaired) electrons. The first kappa shape index (κ1) is 14.7. The summed E-state index contributed by atoms with van der Waals surface area (Å²) in [6, 6.07) is -0.352. The average molecular weight is 237 g/mol. The van der Waals surface area contributed by atoms with E-state index in [0.717, 1.165) is 32.6 Å². The average Bonchev–Trinajstić information content (AvgIpc) is 2.26. The fourth-order valence-electron chi connectivity index (χ4n) is 1.51. The second-order valence-electron chi connectivity index (χ2n) is 3.82. The Kier molecular flexibility index (Phi) is 7.74. The molecule has 0 bridgehead atoms. The Hall–Kier alpha value is -0.320. The van der Waals surface area contributed by atoms with Gasteiger partial charge < -0.3 is 15.8 Å². The zero-order valence-corrected chi connectivity index (χ0v) is 10.0. The van der Waals surface area contributed by atoms with Gasteiger partial charge >= 0.3 is 0 Å². The van der Waals surface area contributed by atoms with Crippen LogP contribution < -0.4 is 11.1 Å². The number of rotatable bonds is 4. The predicted molar refractivity (Wildman–Crippen MR) is 62.1 cm³/mol. The van der Waals surface area contributed by atoms with Crippen molar-refractivity contribution in [3.8, 4) is 0 Å². The van der Waals surface area contributed by atoms with Gasteiger partial charge in [0.1, 0.15) is 0 Å². The van der Waals surface area contributed by atoms with Gasteiger partial charge in [-0.2, -0.15) is 0 Å². The molecule has 1 rings (SSSR count).